The van der Waals surface area contributed by atoms with E-state index in [2.05, 4.69) is 20.6 Å². The molecule has 0 radical (unpaired) electrons. The summed E-state index contributed by atoms with van der Waals surface area (Å²) in [6.45, 7) is 1.53. The molecule has 1 saturated carbocycles. The Bertz CT molecular complexity index is 804. The zero-order valence-corrected chi connectivity index (χ0v) is 19.1. The molecule has 2 rings (SSSR count). The van der Waals surface area contributed by atoms with E-state index in [0.717, 1.165) is 48.7 Å². The molecule has 0 spiro atoms. The molecule has 172 valence electrons. The number of anilines is 1. The first-order valence-corrected chi connectivity index (χ1v) is 12.8. The van der Waals surface area contributed by atoms with Gasteiger partial charge in [0.05, 0.1) is 12.9 Å². The van der Waals surface area contributed by atoms with Gasteiger partial charge in [-0.05, 0) is 43.7 Å². The highest BCUT2D eigenvalue weighted by molar-refractivity contribution is 7.88. The minimum Gasteiger partial charge on any atom is -0.355 e. The van der Waals surface area contributed by atoms with E-state index in [1.807, 2.05) is 0 Å². The van der Waals surface area contributed by atoms with Crippen molar-refractivity contribution >= 4 is 21.7 Å². The number of rotatable bonds is 12. The third-order valence-electron chi connectivity index (χ3n) is 5.21. The molecule has 1 aliphatic carbocycles. The number of nitriles is 1. The summed E-state index contributed by atoms with van der Waals surface area (Å²) < 4.78 is 25.2. The van der Waals surface area contributed by atoms with Crippen molar-refractivity contribution in [2.75, 3.05) is 31.3 Å². The van der Waals surface area contributed by atoms with Gasteiger partial charge in [0, 0.05) is 31.2 Å². The van der Waals surface area contributed by atoms with Gasteiger partial charge in [0.25, 0.3) is 0 Å². The van der Waals surface area contributed by atoms with Crippen LogP contribution < -0.4 is 10.6 Å². The molecule has 0 bridgehead atoms. The Morgan fingerprint density at radius 3 is 2.61 bits per heavy atom. The van der Waals surface area contributed by atoms with Gasteiger partial charge in [0.2, 0.25) is 22.2 Å². The van der Waals surface area contributed by atoms with E-state index >= 15 is 0 Å². The summed E-state index contributed by atoms with van der Waals surface area (Å²) in [5.74, 6) is 0.863. The number of nitrogens with zero attached hydrogens (tertiary/aromatic N) is 4. The van der Waals surface area contributed by atoms with E-state index in [4.69, 9.17) is 10.1 Å². The number of hydroxylamine groups is 1. The van der Waals surface area contributed by atoms with Gasteiger partial charge in [0.1, 0.15) is 0 Å². The predicted molar refractivity (Wildman–Crippen MR) is 121 cm³/mol. The number of hydrogen-bond donors (Lipinski definition) is 2. The summed E-state index contributed by atoms with van der Waals surface area (Å²) in [4.78, 5) is 13.4. The molecule has 31 heavy (non-hydrogen) atoms. The van der Waals surface area contributed by atoms with Crippen molar-refractivity contribution in [3.63, 3.8) is 0 Å². The number of aliphatic imine (C=N–C) groups is 1. The summed E-state index contributed by atoms with van der Waals surface area (Å²) in [5.41, 5.74) is 0.797. The fraction of sp³-hybridized carbons (Fsp3) is 0.667. The molecule has 1 aliphatic rings. The average molecular weight is 451 g/mol. The van der Waals surface area contributed by atoms with Crippen molar-refractivity contribution in [3.8, 4) is 6.19 Å². The largest absolute Gasteiger partial charge is 0.355 e. The molecule has 2 N–H and O–H groups in total. The minimum atomic E-state index is -3.37. The van der Waals surface area contributed by atoms with Gasteiger partial charge in [0.15, 0.2) is 0 Å². The van der Waals surface area contributed by atoms with Crippen LogP contribution in [0.5, 0.6) is 0 Å². The topological polar surface area (TPSA) is 120 Å². The second kappa shape index (κ2) is 14.0. The molecule has 0 aliphatic heterocycles. The van der Waals surface area contributed by atoms with E-state index in [-0.39, 0.29) is 0 Å². The number of unbranched alkanes of at least 4 members (excludes halogenated alkanes) is 3. The highest BCUT2D eigenvalue weighted by atomic mass is 32.2. The maximum Gasteiger partial charge on any atom is 0.233 e. The SMILES string of the molecule is CS(=O)(=O)N(CCCCCCN/C(=N\C#N)Nc1ccncc1)OCC1CCCCC1. The van der Waals surface area contributed by atoms with Gasteiger partial charge >= 0.3 is 0 Å². The normalized spacial score (nSPS) is 15.6. The maximum atomic E-state index is 12.0. The molecule has 9 nitrogen and oxygen atoms in total. The lowest BCUT2D eigenvalue weighted by atomic mass is 9.90. The zero-order valence-electron chi connectivity index (χ0n) is 18.3. The Kier molecular flexibility index (Phi) is 11.3. The van der Waals surface area contributed by atoms with Crippen LogP contribution >= 0.6 is 0 Å². The van der Waals surface area contributed by atoms with Crippen LogP contribution in [0, 0.1) is 17.4 Å². The number of aromatic nitrogens is 1. The fourth-order valence-electron chi connectivity index (χ4n) is 3.53. The summed E-state index contributed by atoms with van der Waals surface area (Å²) in [5, 5.41) is 15.0. The maximum absolute atomic E-state index is 12.0. The van der Waals surface area contributed by atoms with Crippen LogP contribution in [0.25, 0.3) is 0 Å². The molecule has 1 aromatic heterocycles. The molecule has 10 heteroatoms. The lowest BCUT2D eigenvalue weighted by Gasteiger charge is -2.25. The van der Waals surface area contributed by atoms with Crippen molar-refractivity contribution in [2.45, 2.75) is 57.8 Å². The molecule has 1 heterocycles. The average Bonchev–Trinajstić information content (AvgIpc) is 2.75. The van der Waals surface area contributed by atoms with Crippen LogP contribution in [0.2, 0.25) is 0 Å². The molecule has 0 unspecified atom stereocenters. The van der Waals surface area contributed by atoms with Gasteiger partial charge in [-0.15, -0.1) is 4.99 Å². The van der Waals surface area contributed by atoms with Crippen LogP contribution in [0.1, 0.15) is 57.8 Å². The third-order valence-corrected chi connectivity index (χ3v) is 6.24. The first kappa shape index (κ1) is 25.0. The predicted octanol–water partition coefficient (Wildman–Crippen LogP) is 3.25. The van der Waals surface area contributed by atoms with Gasteiger partial charge < -0.3 is 10.6 Å². The summed E-state index contributed by atoms with van der Waals surface area (Å²) >= 11 is 0. The van der Waals surface area contributed by atoms with Crippen LogP contribution in [0.15, 0.2) is 29.5 Å². The van der Waals surface area contributed by atoms with E-state index in [0.29, 0.717) is 31.6 Å². The Morgan fingerprint density at radius 1 is 1.23 bits per heavy atom. The first-order valence-electron chi connectivity index (χ1n) is 11.0. The Morgan fingerprint density at radius 2 is 1.94 bits per heavy atom. The van der Waals surface area contributed by atoms with Gasteiger partial charge in [-0.25, -0.2) is 8.42 Å². The van der Waals surface area contributed by atoms with Crippen molar-refractivity contribution in [3.05, 3.63) is 24.5 Å². The highest BCUT2D eigenvalue weighted by Crippen LogP contribution is 2.24. The zero-order chi connectivity index (χ0) is 22.4. The second-order valence-corrected chi connectivity index (χ2v) is 9.72. The molecular weight excluding hydrogens is 416 g/mol. The summed E-state index contributed by atoms with van der Waals surface area (Å²) in [6, 6.07) is 3.58. The molecule has 0 aromatic carbocycles. The van der Waals surface area contributed by atoms with Crippen LogP contribution in [0.4, 0.5) is 5.69 Å². The Hall–Kier alpha value is -2.22. The van der Waals surface area contributed by atoms with Gasteiger partial charge in [-0.1, -0.05) is 36.6 Å². The second-order valence-electron chi connectivity index (χ2n) is 7.85. The van der Waals surface area contributed by atoms with Gasteiger partial charge in [-0.3, -0.25) is 9.82 Å². The van der Waals surface area contributed by atoms with Crippen LogP contribution in [0.3, 0.4) is 0 Å². The lowest BCUT2D eigenvalue weighted by Crippen LogP contribution is -2.33. The number of pyridine rings is 1. The monoisotopic (exact) mass is 450 g/mol. The number of sulfonamides is 1. The quantitative estimate of drug-likeness (QED) is 0.165. The van der Waals surface area contributed by atoms with Crippen molar-refractivity contribution in [1.82, 2.24) is 14.8 Å². The van der Waals surface area contributed by atoms with Crippen LogP contribution in [-0.4, -0.2) is 49.8 Å². The third kappa shape index (κ3) is 10.6. The fourth-order valence-corrected chi connectivity index (χ4v) is 4.24. The Balaban J connectivity index is 1.62. The van der Waals surface area contributed by atoms with E-state index < -0.39 is 10.0 Å². The standard InChI is InChI=1S/C21H34N6O3S/c1-31(28,29)27(30-17-19-9-5-4-6-10-19)16-8-3-2-7-13-24-21(25-18-22)26-20-11-14-23-15-12-20/h11-12,14-15,19H,2-10,13,16-17H2,1H3,(H2,23,24,25,26). The molecule has 0 amide bonds. The van der Waals surface area contributed by atoms with Crippen LogP contribution in [-0.2, 0) is 14.9 Å². The molecule has 1 aromatic rings. The van der Waals surface area contributed by atoms with E-state index in [1.54, 1.807) is 30.7 Å². The first-order chi connectivity index (χ1) is 15.0. The molecule has 0 atom stereocenters. The smallest absolute Gasteiger partial charge is 0.233 e. The minimum absolute atomic E-state index is 0.379. The van der Waals surface area contributed by atoms with Crippen molar-refractivity contribution in [1.29, 1.82) is 5.26 Å². The molecular formula is C21H34N6O3S. The lowest BCUT2D eigenvalue weighted by molar-refractivity contribution is -0.102. The Labute approximate surface area is 185 Å². The van der Waals surface area contributed by atoms with Crippen molar-refractivity contribution < 1.29 is 13.3 Å². The summed E-state index contributed by atoms with van der Waals surface area (Å²) in [7, 11) is -3.37. The highest BCUT2D eigenvalue weighted by Gasteiger charge is 2.20. The van der Waals surface area contributed by atoms with Crippen molar-refractivity contribution in [2.24, 2.45) is 10.9 Å². The number of nitrogens with one attached hydrogen (secondary N) is 2. The van der Waals surface area contributed by atoms with Gasteiger partial charge in [-0.2, -0.15) is 5.26 Å². The van der Waals surface area contributed by atoms with E-state index in [9.17, 15) is 8.42 Å². The molecule has 0 saturated heterocycles. The van der Waals surface area contributed by atoms with E-state index in [1.165, 1.54) is 25.5 Å². The summed E-state index contributed by atoms with van der Waals surface area (Å²) in [6.07, 6.45) is 15.7. The molecule has 1 fully saturated rings. The number of guanidine groups is 1. The number of hydrogen-bond acceptors (Lipinski definition) is 6.